The Morgan fingerprint density at radius 1 is 1.15 bits per heavy atom. The Bertz CT molecular complexity index is 96.1. The van der Waals surface area contributed by atoms with Crippen LogP contribution in [-0.2, 0) is 4.74 Å². The molecule has 0 saturated heterocycles. The van der Waals surface area contributed by atoms with E-state index in [0.717, 1.165) is 13.2 Å². The van der Waals surface area contributed by atoms with Crippen LogP contribution >= 0.6 is 11.6 Å². The molecule has 80 valence electrons. The van der Waals surface area contributed by atoms with Crippen LogP contribution in [0, 0.1) is 5.92 Å². The fourth-order valence-electron chi connectivity index (χ4n) is 1.14. The van der Waals surface area contributed by atoms with Gasteiger partial charge in [-0.25, -0.2) is 0 Å². The highest BCUT2D eigenvalue weighted by Crippen LogP contribution is 2.03. The first-order valence-electron chi connectivity index (χ1n) is 5.45. The van der Waals surface area contributed by atoms with E-state index in [4.69, 9.17) is 16.3 Å². The summed E-state index contributed by atoms with van der Waals surface area (Å²) >= 11 is 5.65. The predicted octanol–water partition coefficient (Wildman–Crippen LogP) is 3.85. The highest BCUT2D eigenvalue weighted by molar-refractivity contribution is 6.18. The van der Waals surface area contributed by atoms with Crippen LogP contribution < -0.4 is 0 Å². The molecule has 0 aliphatic rings. The number of ether oxygens (including phenoxy) is 1. The number of hydrogen-bond acceptors (Lipinski definition) is 1. The van der Waals surface area contributed by atoms with E-state index in [0.29, 0.717) is 11.8 Å². The minimum absolute atomic E-state index is 0.498. The second-order valence-corrected chi connectivity index (χ2v) is 4.06. The predicted molar refractivity (Wildman–Crippen MR) is 59.5 cm³/mol. The van der Waals surface area contributed by atoms with Crippen LogP contribution in [0.15, 0.2) is 0 Å². The first-order valence-corrected chi connectivity index (χ1v) is 5.98. The zero-order chi connectivity index (χ0) is 9.94. The van der Waals surface area contributed by atoms with Crippen LogP contribution in [0.4, 0.5) is 0 Å². The minimum atomic E-state index is 0.498. The van der Waals surface area contributed by atoms with E-state index in [1.807, 2.05) is 0 Å². The second-order valence-electron chi connectivity index (χ2n) is 3.75. The van der Waals surface area contributed by atoms with Crippen LogP contribution in [0.5, 0.6) is 0 Å². The molecule has 1 atom stereocenters. The molecule has 1 unspecified atom stereocenters. The normalized spacial score (nSPS) is 13.2. The standard InChI is InChI=1S/C11H23ClO/c1-3-4-5-6-7-8-13-10-11(2)9-12/h11H,3-10H2,1-2H3. The Balaban J connectivity index is 2.91. The maximum atomic E-state index is 5.65. The summed E-state index contributed by atoms with van der Waals surface area (Å²) in [5, 5.41) is 0. The van der Waals surface area contributed by atoms with Crippen molar-refractivity contribution >= 4 is 11.6 Å². The van der Waals surface area contributed by atoms with Gasteiger partial charge in [0.1, 0.15) is 0 Å². The van der Waals surface area contributed by atoms with Gasteiger partial charge in [0.2, 0.25) is 0 Å². The van der Waals surface area contributed by atoms with Crippen molar-refractivity contribution in [3.63, 3.8) is 0 Å². The maximum Gasteiger partial charge on any atom is 0.0503 e. The largest absolute Gasteiger partial charge is 0.381 e. The van der Waals surface area contributed by atoms with Crippen LogP contribution in [-0.4, -0.2) is 19.1 Å². The summed E-state index contributed by atoms with van der Waals surface area (Å²) in [7, 11) is 0. The van der Waals surface area contributed by atoms with Gasteiger partial charge in [0, 0.05) is 12.5 Å². The molecule has 1 nitrogen and oxygen atoms in total. The summed E-state index contributed by atoms with van der Waals surface area (Å²) in [6.07, 6.45) is 6.53. The van der Waals surface area contributed by atoms with E-state index in [-0.39, 0.29) is 0 Å². The molecule has 0 aliphatic heterocycles. The molecule has 0 heterocycles. The van der Waals surface area contributed by atoms with Gasteiger partial charge in [0.25, 0.3) is 0 Å². The van der Waals surface area contributed by atoms with Gasteiger partial charge in [0.15, 0.2) is 0 Å². The molecule has 13 heavy (non-hydrogen) atoms. The molecule has 0 radical (unpaired) electrons. The maximum absolute atomic E-state index is 5.65. The summed E-state index contributed by atoms with van der Waals surface area (Å²) in [6.45, 7) is 6.07. The molecule has 0 fully saturated rings. The van der Waals surface area contributed by atoms with Gasteiger partial charge in [-0.15, -0.1) is 11.6 Å². The summed E-state index contributed by atoms with van der Waals surface area (Å²) in [4.78, 5) is 0. The van der Waals surface area contributed by atoms with Gasteiger partial charge in [0.05, 0.1) is 6.61 Å². The van der Waals surface area contributed by atoms with E-state index in [9.17, 15) is 0 Å². The lowest BCUT2D eigenvalue weighted by Crippen LogP contribution is -2.07. The fourth-order valence-corrected chi connectivity index (χ4v) is 1.23. The summed E-state index contributed by atoms with van der Waals surface area (Å²) in [6, 6.07) is 0. The fraction of sp³-hybridized carbons (Fsp3) is 1.00. The Morgan fingerprint density at radius 2 is 1.85 bits per heavy atom. The molecule has 0 aromatic carbocycles. The van der Waals surface area contributed by atoms with Crippen molar-refractivity contribution in [2.75, 3.05) is 19.1 Å². The molecule has 0 saturated carbocycles. The summed E-state index contributed by atoms with van der Waals surface area (Å²) < 4.78 is 5.48. The van der Waals surface area contributed by atoms with E-state index in [1.165, 1.54) is 32.1 Å². The Kier molecular flexibility index (Phi) is 10.5. The number of alkyl halides is 1. The molecule has 0 aliphatic carbocycles. The lowest BCUT2D eigenvalue weighted by Gasteiger charge is -2.07. The van der Waals surface area contributed by atoms with E-state index in [1.54, 1.807) is 0 Å². The third-order valence-corrected chi connectivity index (χ3v) is 2.58. The van der Waals surface area contributed by atoms with Gasteiger partial charge in [-0.05, 0) is 12.3 Å². The minimum Gasteiger partial charge on any atom is -0.381 e. The van der Waals surface area contributed by atoms with Gasteiger partial charge in [-0.3, -0.25) is 0 Å². The third kappa shape index (κ3) is 10.2. The highest BCUT2D eigenvalue weighted by atomic mass is 35.5. The van der Waals surface area contributed by atoms with Gasteiger partial charge < -0.3 is 4.74 Å². The average molecular weight is 207 g/mol. The highest BCUT2D eigenvalue weighted by Gasteiger charge is 1.98. The Morgan fingerprint density at radius 3 is 2.46 bits per heavy atom. The van der Waals surface area contributed by atoms with Crippen molar-refractivity contribution in [1.82, 2.24) is 0 Å². The molecule has 2 heteroatoms. The Labute approximate surface area is 87.8 Å². The number of unbranched alkanes of at least 4 members (excludes halogenated alkanes) is 4. The van der Waals surface area contributed by atoms with E-state index >= 15 is 0 Å². The zero-order valence-corrected chi connectivity index (χ0v) is 9.78. The first kappa shape index (κ1) is 13.2. The zero-order valence-electron chi connectivity index (χ0n) is 9.02. The lowest BCUT2D eigenvalue weighted by atomic mass is 10.2. The Hall–Kier alpha value is 0.250. The van der Waals surface area contributed by atoms with Gasteiger partial charge in [-0.2, -0.15) is 0 Å². The van der Waals surface area contributed by atoms with Crippen LogP contribution in [0.2, 0.25) is 0 Å². The molecule has 0 amide bonds. The number of rotatable bonds is 9. The van der Waals surface area contributed by atoms with Crippen molar-refractivity contribution in [3.05, 3.63) is 0 Å². The third-order valence-electron chi connectivity index (χ3n) is 2.06. The SMILES string of the molecule is CCCCCCCOCC(C)CCl. The quantitative estimate of drug-likeness (QED) is 0.411. The van der Waals surface area contributed by atoms with E-state index < -0.39 is 0 Å². The van der Waals surface area contributed by atoms with Crippen molar-refractivity contribution in [2.24, 2.45) is 5.92 Å². The summed E-state index contributed by atoms with van der Waals surface area (Å²) in [5.74, 6) is 1.20. The molecule has 0 rings (SSSR count). The van der Waals surface area contributed by atoms with Gasteiger partial charge in [-0.1, -0.05) is 39.5 Å². The number of halogens is 1. The van der Waals surface area contributed by atoms with Crippen molar-refractivity contribution in [1.29, 1.82) is 0 Å². The molecule has 0 spiro atoms. The van der Waals surface area contributed by atoms with Crippen LogP contribution in [0.3, 0.4) is 0 Å². The van der Waals surface area contributed by atoms with Gasteiger partial charge >= 0.3 is 0 Å². The van der Waals surface area contributed by atoms with Crippen molar-refractivity contribution < 1.29 is 4.74 Å². The molecular formula is C11H23ClO. The van der Waals surface area contributed by atoms with Crippen LogP contribution in [0.1, 0.15) is 46.0 Å². The van der Waals surface area contributed by atoms with E-state index in [2.05, 4.69) is 13.8 Å². The smallest absolute Gasteiger partial charge is 0.0503 e. The molecule has 0 aromatic rings. The molecule has 0 aromatic heterocycles. The number of hydrogen-bond donors (Lipinski definition) is 0. The lowest BCUT2D eigenvalue weighted by molar-refractivity contribution is 0.107. The topological polar surface area (TPSA) is 9.23 Å². The van der Waals surface area contributed by atoms with Crippen molar-refractivity contribution in [2.45, 2.75) is 46.0 Å². The summed E-state index contributed by atoms with van der Waals surface area (Å²) in [5.41, 5.74) is 0. The first-order chi connectivity index (χ1) is 6.31. The van der Waals surface area contributed by atoms with Crippen molar-refractivity contribution in [3.8, 4) is 0 Å². The second kappa shape index (κ2) is 10.3. The molecule has 0 N–H and O–H groups in total. The molecule has 0 bridgehead atoms. The monoisotopic (exact) mass is 206 g/mol. The van der Waals surface area contributed by atoms with Crippen LogP contribution in [0.25, 0.3) is 0 Å². The molecular weight excluding hydrogens is 184 g/mol. The average Bonchev–Trinajstić information content (AvgIpc) is 2.16.